The molecule has 112 valence electrons. The van der Waals surface area contributed by atoms with Crippen LogP contribution in [-0.2, 0) is 14.6 Å². The summed E-state index contributed by atoms with van der Waals surface area (Å²) in [5.41, 5.74) is 6.31. The molecule has 0 aliphatic carbocycles. The number of ether oxygens (including phenoxy) is 2. The van der Waals surface area contributed by atoms with Crippen molar-refractivity contribution in [2.45, 2.75) is 13.3 Å². The lowest BCUT2D eigenvalue weighted by atomic mass is 10.2. The summed E-state index contributed by atoms with van der Waals surface area (Å²) >= 11 is 0. The molecule has 0 fully saturated rings. The summed E-state index contributed by atoms with van der Waals surface area (Å²) in [6, 6.07) is 4.49. The molecule has 1 aromatic rings. The number of anilines is 1. The van der Waals surface area contributed by atoms with Gasteiger partial charge in [0.2, 0.25) is 0 Å². The smallest absolute Gasteiger partial charge is 0.338 e. The minimum Gasteiger partial charge on any atom is -0.495 e. The van der Waals surface area contributed by atoms with E-state index in [1.807, 2.05) is 0 Å². The molecule has 6 nitrogen and oxygen atoms in total. The highest BCUT2D eigenvalue weighted by Crippen LogP contribution is 2.22. The van der Waals surface area contributed by atoms with E-state index in [0.717, 1.165) is 0 Å². The highest BCUT2D eigenvalue weighted by atomic mass is 32.2. The molecule has 0 saturated carbocycles. The van der Waals surface area contributed by atoms with E-state index >= 15 is 0 Å². The third kappa shape index (κ3) is 4.73. The number of methoxy groups -OCH3 is 1. The van der Waals surface area contributed by atoms with Crippen LogP contribution in [0.4, 0.5) is 5.69 Å². The Hall–Kier alpha value is -1.76. The molecule has 0 heterocycles. The summed E-state index contributed by atoms with van der Waals surface area (Å²) in [5.74, 6) is -0.299. The molecule has 1 rings (SSSR count). The zero-order valence-corrected chi connectivity index (χ0v) is 12.4. The summed E-state index contributed by atoms with van der Waals surface area (Å²) in [4.78, 5) is 11.8. The van der Waals surface area contributed by atoms with Gasteiger partial charge in [-0.05, 0) is 24.6 Å². The van der Waals surface area contributed by atoms with Gasteiger partial charge >= 0.3 is 5.97 Å². The van der Waals surface area contributed by atoms with Crippen LogP contribution in [0.1, 0.15) is 23.7 Å². The van der Waals surface area contributed by atoms with Gasteiger partial charge in [-0.2, -0.15) is 0 Å². The molecule has 1 aromatic carbocycles. The molecule has 0 aliphatic heterocycles. The third-order valence-electron chi connectivity index (χ3n) is 2.61. The van der Waals surface area contributed by atoms with Crippen LogP contribution in [0.5, 0.6) is 5.75 Å². The predicted octanol–water partition coefficient (Wildman–Crippen LogP) is 1.26. The Morgan fingerprint density at radius 2 is 2.00 bits per heavy atom. The fourth-order valence-electron chi connectivity index (χ4n) is 1.60. The van der Waals surface area contributed by atoms with Crippen molar-refractivity contribution in [2.24, 2.45) is 0 Å². The summed E-state index contributed by atoms with van der Waals surface area (Å²) in [7, 11) is -1.71. The highest BCUT2D eigenvalue weighted by molar-refractivity contribution is 7.91. The van der Waals surface area contributed by atoms with Crippen molar-refractivity contribution in [1.82, 2.24) is 0 Å². The normalized spacial score (nSPS) is 11.1. The van der Waals surface area contributed by atoms with Crippen LogP contribution in [0.15, 0.2) is 18.2 Å². The molecule has 0 aliphatic rings. The number of rotatable bonds is 7. The van der Waals surface area contributed by atoms with Crippen LogP contribution in [0.25, 0.3) is 0 Å². The zero-order valence-electron chi connectivity index (χ0n) is 11.6. The SMILES string of the molecule is CCCS(=O)(=O)CCOC(=O)c1ccc(N)c(OC)c1. The minimum atomic E-state index is -3.15. The Labute approximate surface area is 118 Å². The van der Waals surface area contributed by atoms with Gasteiger partial charge in [-0.3, -0.25) is 0 Å². The van der Waals surface area contributed by atoms with E-state index in [-0.39, 0.29) is 23.7 Å². The lowest BCUT2D eigenvalue weighted by Gasteiger charge is -2.08. The summed E-state index contributed by atoms with van der Waals surface area (Å²) in [6.07, 6.45) is 0.547. The predicted molar refractivity (Wildman–Crippen MR) is 76.6 cm³/mol. The Balaban J connectivity index is 2.60. The molecule has 0 bridgehead atoms. The van der Waals surface area contributed by atoms with Crippen molar-refractivity contribution in [1.29, 1.82) is 0 Å². The van der Waals surface area contributed by atoms with E-state index in [0.29, 0.717) is 17.9 Å². The quantitative estimate of drug-likeness (QED) is 0.601. The number of hydrogen-bond donors (Lipinski definition) is 1. The standard InChI is InChI=1S/C13H19NO5S/c1-3-7-20(16,17)8-6-19-13(15)10-4-5-11(14)12(9-10)18-2/h4-5,9H,3,6-8,14H2,1-2H3. The van der Waals surface area contributed by atoms with Gasteiger partial charge in [-0.1, -0.05) is 6.92 Å². The van der Waals surface area contributed by atoms with Gasteiger partial charge in [-0.25, -0.2) is 13.2 Å². The van der Waals surface area contributed by atoms with Gasteiger partial charge in [0.05, 0.1) is 29.9 Å². The van der Waals surface area contributed by atoms with Crippen molar-refractivity contribution >= 4 is 21.5 Å². The molecule has 2 N–H and O–H groups in total. The van der Waals surface area contributed by atoms with Crippen molar-refractivity contribution in [2.75, 3.05) is 31.0 Å². The first kappa shape index (κ1) is 16.3. The van der Waals surface area contributed by atoms with Crippen molar-refractivity contribution < 1.29 is 22.7 Å². The zero-order chi connectivity index (χ0) is 15.2. The molecule has 0 saturated heterocycles. The maximum absolute atomic E-state index is 11.8. The molecule has 0 atom stereocenters. The van der Waals surface area contributed by atoms with Gasteiger partial charge in [0, 0.05) is 0 Å². The van der Waals surface area contributed by atoms with E-state index in [4.69, 9.17) is 15.2 Å². The highest BCUT2D eigenvalue weighted by Gasteiger charge is 2.13. The number of carbonyl (C=O) groups excluding carboxylic acids is 1. The first-order valence-corrected chi connectivity index (χ1v) is 8.03. The monoisotopic (exact) mass is 301 g/mol. The lowest BCUT2D eigenvalue weighted by molar-refractivity contribution is 0.0529. The van der Waals surface area contributed by atoms with Crippen LogP contribution in [0.3, 0.4) is 0 Å². The van der Waals surface area contributed by atoms with Gasteiger partial charge < -0.3 is 15.2 Å². The fourth-order valence-corrected chi connectivity index (χ4v) is 2.76. The molecule has 0 amide bonds. The van der Waals surface area contributed by atoms with Crippen LogP contribution >= 0.6 is 0 Å². The number of carbonyl (C=O) groups is 1. The number of sulfone groups is 1. The van der Waals surface area contributed by atoms with E-state index in [9.17, 15) is 13.2 Å². The Kier molecular flexibility index (Phi) is 5.82. The first-order valence-electron chi connectivity index (χ1n) is 6.20. The summed E-state index contributed by atoms with van der Waals surface area (Å²) in [6.45, 7) is 1.62. The molecule has 0 aromatic heterocycles. The lowest BCUT2D eigenvalue weighted by Crippen LogP contribution is -2.17. The van der Waals surface area contributed by atoms with Crippen molar-refractivity contribution in [3.05, 3.63) is 23.8 Å². The van der Waals surface area contributed by atoms with Crippen LogP contribution < -0.4 is 10.5 Å². The van der Waals surface area contributed by atoms with Crippen LogP contribution in [-0.4, -0.2) is 39.6 Å². The van der Waals surface area contributed by atoms with E-state index in [1.165, 1.54) is 25.3 Å². The maximum Gasteiger partial charge on any atom is 0.338 e. The van der Waals surface area contributed by atoms with E-state index < -0.39 is 15.8 Å². The largest absolute Gasteiger partial charge is 0.495 e. The Morgan fingerprint density at radius 3 is 2.60 bits per heavy atom. The fraction of sp³-hybridized carbons (Fsp3) is 0.462. The topological polar surface area (TPSA) is 95.7 Å². The van der Waals surface area contributed by atoms with Crippen molar-refractivity contribution in [3.8, 4) is 5.75 Å². The minimum absolute atomic E-state index is 0.0975. The molecule has 0 unspecified atom stereocenters. The van der Waals surface area contributed by atoms with Crippen LogP contribution in [0, 0.1) is 0 Å². The maximum atomic E-state index is 11.8. The molecule has 20 heavy (non-hydrogen) atoms. The number of benzene rings is 1. The number of hydrogen-bond acceptors (Lipinski definition) is 6. The van der Waals surface area contributed by atoms with E-state index in [1.54, 1.807) is 6.92 Å². The molecule has 7 heteroatoms. The summed E-state index contributed by atoms with van der Waals surface area (Å²) in [5, 5.41) is 0. The second-order valence-electron chi connectivity index (χ2n) is 4.24. The average Bonchev–Trinajstić information content (AvgIpc) is 2.38. The van der Waals surface area contributed by atoms with Crippen LogP contribution in [0.2, 0.25) is 0 Å². The molecular weight excluding hydrogens is 282 g/mol. The third-order valence-corrected chi connectivity index (χ3v) is 4.43. The molecule has 0 spiro atoms. The second-order valence-corrected chi connectivity index (χ2v) is 6.55. The average molecular weight is 301 g/mol. The Morgan fingerprint density at radius 1 is 1.30 bits per heavy atom. The first-order chi connectivity index (χ1) is 9.39. The Bertz CT molecular complexity index is 568. The molecular formula is C13H19NO5S. The van der Waals surface area contributed by atoms with Crippen molar-refractivity contribution in [3.63, 3.8) is 0 Å². The van der Waals surface area contributed by atoms with Gasteiger partial charge in [-0.15, -0.1) is 0 Å². The molecule has 0 radical (unpaired) electrons. The number of nitrogens with two attached hydrogens (primary N) is 1. The number of nitrogen functional groups attached to an aromatic ring is 1. The summed E-state index contributed by atoms with van der Waals surface area (Å²) < 4.78 is 32.9. The van der Waals surface area contributed by atoms with E-state index in [2.05, 4.69) is 0 Å². The second kappa shape index (κ2) is 7.14. The van der Waals surface area contributed by atoms with Gasteiger partial charge in [0.25, 0.3) is 0 Å². The number of esters is 1. The van der Waals surface area contributed by atoms with Gasteiger partial charge in [0.1, 0.15) is 12.4 Å². The van der Waals surface area contributed by atoms with Gasteiger partial charge in [0.15, 0.2) is 9.84 Å².